The zero-order valence-corrected chi connectivity index (χ0v) is 26.4. The van der Waals surface area contributed by atoms with Gasteiger partial charge in [0.15, 0.2) is 0 Å². The van der Waals surface area contributed by atoms with Crippen LogP contribution in [-0.2, 0) is 4.74 Å². The van der Waals surface area contributed by atoms with Gasteiger partial charge in [-0.3, -0.25) is 0 Å². The quantitative estimate of drug-likeness (QED) is 0.108. The van der Waals surface area contributed by atoms with Crippen molar-refractivity contribution < 1.29 is 14.9 Å². The summed E-state index contributed by atoms with van der Waals surface area (Å²) in [6.45, 7) is 16.1. The summed E-state index contributed by atoms with van der Waals surface area (Å²) in [6, 6.07) is 0. The molecule has 0 amide bonds. The lowest BCUT2D eigenvalue weighted by Gasteiger charge is -2.29. The van der Waals surface area contributed by atoms with E-state index in [0.29, 0.717) is 5.92 Å². The summed E-state index contributed by atoms with van der Waals surface area (Å²) in [5.74, 6) is 1.82. The summed E-state index contributed by atoms with van der Waals surface area (Å²) in [5, 5.41) is 21.2. The second kappa shape index (κ2) is 19.9. The van der Waals surface area contributed by atoms with Gasteiger partial charge in [-0.05, 0) is 102 Å². The Kier molecular flexibility index (Phi) is 18.3. The fourth-order valence-corrected chi connectivity index (χ4v) is 5.49. The van der Waals surface area contributed by atoms with Gasteiger partial charge < -0.3 is 14.9 Å². The van der Waals surface area contributed by atoms with E-state index < -0.39 is 11.7 Å². The highest BCUT2D eigenvalue weighted by Crippen LogP contribution is 2.34. The Hall–Kier alpha value is -1.06. The highest BCUT2D eigenvalue weighted by Gasteiger charge is 2.26. The lowest BCUT2D eigenvalue weighted by atomic mass is 9.84. The summed E-state index contributed by atoms with van der Waals surface area (Å²) in [6.07, 6.45) is 23.6. The van der Waals surface area contributed by atoms with Crippen LogP contribution in [-0.4, -0.2) is 28.5 Å². The number of aliphatic hydroxyl groups excluding tert-OH is 1. The lowest BCUT2D eigenvalue weighted by Crippen LogP contribution is -2.23. The van der Waals surface area contributed by atoms with Gasteiger partial charge in [-0.1, -0.05) is 90.7 Å². The van der Waals surface area contributed by atoms with Gasteiger partial charge in [0.05, 0.1) is 18.3 Å². The third kappa shape index (κ3) is 14.9. The average molecular weight is 533 g/mol. The third-order valence-corrected chi connectivity index (χ3v) is 8.63. The standard InChI is InChI=1S/C35H64O3/c1-8-10-12-13-14-16-26-38-34-31(6)30(5)33(36)27-32(34)23-22-29(4)20-17-19-28(3)21-18-25-35(7,37)24-15-11-9-2/h19,27,29-30,33,36-37H,8-18,20-26H2,1-7H3. The number of ether oxygens (including phenoxy) is 1. The first-order chi connectivity index (χ1) is 18.1. The predicted molar refractivity (Wildman–Crippen MR) is 165 cm³/mol. The minimum Gasteiger partial charge on any atom is -0.493 e. The van der Waals surface area contributed by atoms with E-state index in [2.05, 4.69) is 53.7 Å². The summed E-state index contributed by atoms with van der Waals surface area (Å²) in [4.78, 5) is 0. The molecule has 0 heterocycles. The molecule has 0 saturated heterocycles. The smallest absolute Gasteiger partial charge is 0.121 e. The van der Waals surface area contributed by atoms with Crippen molar-refractivity contribution in [3.63, 3.8) is 0 Å². The molecule has 1 rings (SSSR count). The molecule has 3 heteroatoms. The molecule has 0 aromatic heterocycles. The van der Waals surface area contributed by atoms with E-state index in [4.69, 9.17) is 4.74 Å². The largest absolute Gasteiger partial charge is 0.493 e. The molecule has 2 N–H and O–H groups in total. The maximum Gasteiger partial charge on any atom is 0.121 e. The molecule has 0 radical (unpaired) electrons. The first kappa shape index (κ1) is 35.0. The van der Waals surface area contributed by atoms with Crippen LogP contribution in [0.2, 0.25) is 0 Å². The van der Waals surface area contributed by atoms with Crippen molar-refractivity contribution in [3.05, 3.63) is 34.6 Å². The Morgan fingerprint density at radius 3 is 2.34 bits per heavy atom. The molecular formula is C35H64O3. The van der Waals surface area contributed by atoms with Gasteiger partial charge in [0.2, 0.25) is 0 Å². The minimum atomic E-state index is -0.507. The van der Waals surface area contributed by atoms with Crippen molar-refractivity contribution in [2.45, 2.75) is 169 Å². The lowest BCUT2D eigenvalue weighted by molar-refractivity contribution is 0.0375. The van der Waals surface area contributed by atoms with Gasteiger partial charge >= 0.3 is 0 Å². The van der Waals surface area contributed by atoms with E-state index in [0.717, 1.165) is 70.2 Å². The van der Waals surface area contributed by atoms with Crippen LogP contribution in [0, 0.1) is 11.8 Å². The van der Waals surface area contributed by atoms with Gasteiger partial charge in [0.1, 0.15) is 5.76 Å². The fourth-order valence-electron chi connectivity index (χ4n) is 5.49. The van der Waals surface area contributed by atoms with Crippen LogP contribution in [0.1, 0.15) is 158 Å². The first-order valence-corrected chi connectivity index (χ1v) is 16.2. The summed E-state index contributed by atoms with van der Waals surface area (Å²) < 4.78 is 6.34. The van der Waals surface area contributed by atoms with Crippen molar-refractivity contribution in [2.75, 3.05) is 6.61 Å². The van der Waals surface area contributed by atoms with Crippen molar-refractivity contribution in [2.24, 2.45) is 11.8 Å². The Morgan fingerprint density at radius 2 is 1.63 bits per heavy atom. The fraction of sp³-hybridized carbons (Fsp3) is 0.829. The number of rotatable bonds is 22. The van der Waals surface area contributed by atoms with E-state index in [-0.39, 0.29) is 5.92 Å². The average Bonchev–Trinajstić information content (AvgIpc) is 2.86. The van der Waals surface area contributed by atoms with Crippen LogP contribution in [0.25, 0.3) is 0 Å². The molecule has 1 aliphatic carbocycles. The van der Waals surface area contributed by atoms with Crippen molar-refractivity contribution in [1.29, 1.82) is 0 Å². The number of hydrogen-bond acceptors (Lipinski definition) is 3. The van der Waals surface area contributed by atoms with E-state index in [1.807, 2.05) is 6.92 Å². The summed E-state index contributed by atoms with van der Waals surface area (Å²) in [5.41, 5.74) is 3.37. The molecule has 1 aliphatic rings. The van der Waals surface area contributed by atoms with Gasteiger partial charge in [0.25, 0.3) is 0 Å². The molecule has 0 aromatic carbocycles. The Morgan fingerprint density at radius 1 is 1.00 bits per heavy atom. The van der Waals surface area contributed by atoms with Crippen LogP contribution in [0.5, 0.6) is 0 Å². The van der Waals surface area contributed by atoms with Crippen molar-refractivity contribution in [3.8, 4) is 0 Å². The Balaban J connectivity index is 2.42. The highest BCUT2D eigenvalue weighted by molar-refractivity contribution is 5.37. The van der Waals surface area contributed by atoms with E-state index in [9.17, 15) is 10.2 Å². The van der Waals surface area contributed by atoms with Gasteiger partial charge in [-0.2, -0.15) is 0 Å². The Bertz CT molecular complexity index is 715. The van der Waals surface area contributed by atoms with Crippen LogP contribution in [0.15, 0.2) is 34.6 Å². The third-order valence-electron chi connectivity index (χ3n) is 8.63. The van der Waals surface area contributed by atoms with Gasteiger partial charge in [-0.25, -0.2) is 0 Å². The molecule has 0 aliphatic heterocycles. The monoisotopic (exact) mass is 532 g/mol. The van der Waals surface area contributed by atoms with E-state index in [1.54, 1.807) is 0 Å². The van der Waals surface area contributed by atoms with Crippen molar-refractivity contribution in [1.82, 2.24) is 0 Å². The van der Waals surface area contributed by atoms with Crippen LogP contribution >= 0.6 is 0 Å². The highest BCUT2D eigenvalue weighted by atomic mass is 16.5. The van der Waals surface area contributed by atoms with Gasteiger partial charge in [-0.15, -0.1) is 0 Å². The van der Waals surface area contributed by atoms with Crippen molar-refractivity contribution >= 4 is 0 Å². The second-order valence-corrected chi connectivity index (χ2v) is 12.7. The number of unbranched alkanes of at least 4 members (excludes halogenated alkanes) is 7. The molecule has 3 nitrogen and oxygen atoms in total. The minimum absolute atomic E-state index is 0.129. The number of allylic oxidation sites excluding steroid dienone is 3. The zero-order chi connectivity index (χ0) is 28.4. The molecule has 4 atom stereocenters. The number of hydrogen-bond donors (Lipinski definition) is 2. The predicted octanol–water partition coefficient (Wildman–Crippen LogP) is 10.2. The topological polar surface area (TPSA) is 49.7 Å². The molecule has 0 spiro atoms. The first-order valence-electron chi connectivity index (χ1n) is 16.2. The maximum atomic E-state index is 10.6. The SMILES string of the molecule is CCCCCCCCOC1=C(C)C(C)C(O)C=C1CCC(C)CCC=C(C)CCCC(C)(O)CCCCC. The van der Waals surface area contributed by atoms with Gasteiger partial charge in [0, 0.05) is 5.92 Å². The molecular weight excluding hydrogens is 468 g/mol. The normalized spacial score (nSPS) is 20.9. The van der Waals surface area contributed by atoms with E-state index in [1.165, 1.54) is 68.1 Å². The molecule has 222 valence electrons. The zero-order valence-electron chi connectivity index (χ0n) is 26.4. The molecule has 4 unspecified atom stereocenters. The molecule has 0 bridgehead atoms. The molecule has 0 saturated carbocycles. The van der Waals surface area contributed by atoms with Crippen LogP contribution in [0.3, 0.4) is 0 Å². The van der Waals surface area contributed by atoms with Crippen LogP contribution < -0.4 is 0 Å². The summed E-state index contributed by atoms with van der Waals surface area (Å²) >= 11 is 0. The Labute approximate surface area is 237 Å². The number of aliphatic hydroxyl groups is 2. The second-order valence-electron chi connectivity index (χ2n) is 12.7. The summed E-state index contributed by atoms with van der Waals surface area (Å²) in [7, 11) is 0. The molecule has 0 aromatic rings. The maximum absolute atomic E-state index is 10.6. The molecule has 38 heavy (non-hydrogen) atoms. The van der Waals surface area contributed by atoms with E-state index >= 15 is 0 Å². The molecule has 0 fully saturated rings. The van der Waals surface area contributed by atoms with Crippen LogP contribution in [0.4, 0.5) is 0 Å².